The lowest BCUT2D eigenvalue weighted by Crippen LogP contribution is -2.34. The maximum absolute atomic E-state index is 13.9. The third-order valence-electron chi connectivity index (χ3n) is 5.75. The molecule has 0 aliphatic rings. The zero-order chi connectivity index (χ0) is 24.2. The minimum Gasteiger partial charge on any atom is -0.493 e. The summed E-state index contributed by atoms with van der Waals surface area (Å²) in [4.78, 5) is 0.277. The number of hydrogen-bond acceptors (Lipinski definition) is 6. The molecule has 2 heterocycles. The Labute approximate surface area is 196 Å². The molecule has 10 heteroatoms. The average molecular weight is 476 g/mol. The Morgan fingerprint density at radius 2 is 1.70 bits per heavy atom. The summed E-state index contributed by atoms with van der Waals surface area (Å²) in [5.41, 5.74) is 2.95. The highest BCUT2D eigenvalue weighted by Gasteiger charge is 2.31. The van der Waals surface area contributed by atoms with Crippen LogP contribution < -0.4 is 9.47 Å². The first-order valence-corrected chi connectivity index (χ1v) is 12.5. The van der Waals surface area contributed by atoms with Crippen molar-refractivity contribution >= 4 is 10.0 Å². The number of nitrogens with zero attached hydrogens (tertiary/aromatic N) is 5. The molecule has 0 spiro atoms. The van der Waals surface area contributed by atoms with E-state index in [-0.39, 0.29) is 11.4 Å². The second kappa shape index (κ2) is 10.4. The van der Waals surface area contributed by atoms with Crippen molar-refractivity contribution in [3.05, 3.63) is 53.1 Å². The van der Waals surface area contributed by atoms with E-state index in [1.54, 1.807) is 38.9 Å². The highest BCUT2D eigenvalue weighted by molar-refractivity contribution is 7.89. The molecule has 0 radical (unpaired) electrons. The minimum absolute atomic E-state index is 0.222. The molecule has 180 valence electrons. The molecule has 0 fully saturated rings. The molecule has 0 aliphatic heterocycles. The van der Waals surface area contributed by atoms with Gasteiger partial charge in [0.05, 0.1) is 37.8 Å². The van der Waals surface area contributed by atoms with E-state index in [2.05, 4.69) is 10.2 Å². The van der Waals surface area contributed by atoms with Crippen LogP contribution in [0.1, 0.15) is 36.5 Å². The fourth-order valence-electron chi connectivity index (χ4n) is 4.02. The molecule has 3 rings (SSSR count). The Hall–Kier alpha value is -2.85. The molecule has 0 unspecified atom stereocenters. The fourth-order valence-corrected chi connectivity index (χ4v) is 5.81. The minimum atomic E-state index is -3.80. The lowest BCUT2D eigenvalue weighted by atomic mass is 10.1. The zero-order valence-electron chi connectivity index (χ0n) is 20.2. The predicted molar refractivity (Wildman–Crippen MR) is 126 cm³/mol. The van der Waals surface area contributed by atoms with Crippen LogP contribution >= 0.6 is 0 Å². The summed E-state index contributed by atoms with van der Waals surface area (Å²) >= 11 is 0. The summed E-state index contributed by atoms with van der Waals surface area (Å²) in [5.74, 6) is 1.25. The Kier molecular flexibility index (Phi) is 7.80. The third kappa shape index (κ3) is 5.06. The predicted octanol–water partition coefficient (Wildman–Crippen LogP) is 3.19. The number of methoxy groups -OCH3 is 2. The van der Waals surface area contributed by atoms with Gasteiger partial charge < -0.3 is 9.47 Å². The summed E-state index contributed by atoms with van der Waals surface area (Å²) in [6.07, 6.45) is 2.21. The van der Waals surface area contributed by atoms with Crippen molar-refractivity contribution in [2.24, 2.45) is 0 Å². The van der Waals surface area contributed by atoms with Gasteiger partial charge in [-0.05, 0) is 57.9 Å². The molecular weight excluding hydrogens is 442 g/mol. The normalized spacial score (nSPS) is 11.8. The van der Waals surface area contributed by atoms with Gasteiger partial charge in [-0.1, -0.05) is 6.07 Å². The van der Waals surface area contributed by atoms with Gasteiger partial charge in [-0.25, -0.2) is 8.42 Å². The molecule has 1 aromatic carbocycles. The Morgan fingerprint density at radius 1 is 1.00 bits per heavy atom. The van der Waals surface area contributed by atoms with Crippen LogP contribution in [0, 0.1) is 13.8 Å². The molecule has 9 nitrogen and oxygen atoms in total. The van der Waals surface area contributed by atoms with Crippen LogP contribution in [0.15, 0.2) is 35.4 Å². The number of hydrogen-bond donors (Lipinski definition) is 0. The van der Waals surface area contributed by atoms with E-state index in [0.717, 1.165) is 11.3 Å². The lowest BCUT2D eigenvalue weighted by molar-refractivity contribution is 0.354. The molecule has 0 aliphatic carbocycles. The molecular formula is C23H33N5O4S. The van der Waals surface area contributed by atoms with E-state index < -0.39 is 10.0 Å². The lowest BCUT2D eigenvalue weighted by Gasteiger charge is -2.23. The van der Waals surface area contributed by atoms with Crippen LogP contribution in [0.4, 0.5) is 0 Å². The molecule has 33 heavy (non-hydrogen) atoms. The maximum Gasteiger partial charge on any atom is 0.247 e. The third-order valence-corrected chi connectivity index (χ3v) is 7.85. The first-order valence-electron chi connectivity index (χ1n) is 11.0. The van der Waals surface area contributed by atoms with E-state index in [1.165, 1.54) is 4.31 Å². The van der Waals surface area contributed by atoms with E-state index in [4.69, 9.17) is 9.47 Å². The first-order chi connectivity index (χ1) is 15.8. The molecule has 2 aromatic heterocycles. The smallest absolute Gasteiger partial charge is 0.247 e. The molecule has 0 amide bonds. The summed E-state index contributed by atoms with van der Waals surface area (Å²) in [6.45, 7) is 9.27. The van der Waals surface area contributed by atoms with E-state index in [0.29, 0.717) is 48.9 Å². The van der Waals surface area contributed by atoms with Crippen molar-refractivity contribution in [2.45, 2.75) is 58.6 Å². The molecule has 0 atom stereocenters. The van der Waals surface area contributed by atoms with Gasteiger partial charge in [0.1, 0.15) is 4.90 Å². The van der Waals surface area contributed by atoms with Crippen molar-refractivity contribution in [3.8, 4) is 11.5 Å². The molecule has 3 aromatic rings. The highest BCUT2D eigenvalue weighted by atomic mass is 32.2. The van der Waals surface area contributed by atoms with E-state index in [1.807, 2.05) is 42.8 Å². The largest absolute Gasteiger partial charge is 0.493 e. The van der Waals surface area contributed by atoms with Crippen molar-refractivity contribution < 1.29 is 17.9 Å². The van der Waals surface area contributed by atoms with Crippen LogP contribution in [-0.2, 0) is 36.1 Å². The van der Waals surface area contributed by atoms with Gasteiger partial charge in [-0.2, -0.15) is 14.5 Å². The van der Waals surface area contributed by atoms with E-state index in [9.17, 15) is 8.42 Å². The van der Waals surface area contributed by atoms with E-state index >= 15 is 0 Å². The Bertz CT molecular complexity index is 1200. The van der Waals surface area contributed by atoms with Crippen molar-refractivity contribution in [2.75, 3.05) is 20.8 Å². The number of ether oxygens (including phenoxy) is 2. The number of sulfonamides is 1. The van der Waals surface area contributed by atoms with Crippen LogP contribution in [-0.4, -0.2) is 53.0 Å². The molecule has 0 saturated heterocycles. The first kappa shape index (κ1) is 24.8. The van der Waals surface area contributed by atoms with Gasteiger partial charge >= 0.3 is 0 Å². The molecule has 0 saturated carbocycles. The topological polar surface area (TPSA) is 91.5 Å². The number of aryl methyl sites for hydroxylation is 3. The van der Waals surface area contributed by atoms with Gasteiger partial charge in [-0.15, -0.1) is 0 Å². The molecule has 0 N–H and O–H groups in total. The quantitative estimate of drug-likeness (QED) is 0.423. The second-order valence-electron chi connectivity index (χ2n) is 7.73. The van der Waals surface area contributed by atoms with Gasteiger partial charge in [0.2, 0.25) is 10.0 Å². The summed E-state index contributed by atoms with van der Waals surface area (Å²) in [5, 5.41) is 8.73. The summed E-state index contributed by atoms with van der Waals surface area (Å²) in [6, 6.07) is 7.50. The molecule has 0 bridgehead atoms. The monoisotopic (exact) mass is 475 g/mol. The summed E-state index contributed by atoms with van der Waals surface area (Å²) in [7, 11) is -0.627. The van der Waals surface area contributed by atoms with Crippen molar-refractivity contribution in [1.82, 2.24) is 23.9 Å². The number of rotatable bonds is 11. The average Bonchev–Trinajstić information content (AvgIpc) is 3.38. The summed E-state index contributed by atoms with van der Waals surface area (Å²) < 4.78 is 43.5. The SMILES string of the molecule is CCn1nccc1CN(CCc1ccc(OC)c(OC)c1)S(=O)(=O)c1c(C)nn(CC)c1C. The van der Waals surface area contributed by atoms with Crippen LogP contribution in [0.5, 0.6) is 11.5 Å². The second-order valence-corrected chi connectivity index (χ2v) is 9.61. The number of aromatic nitrogens is 4. The highest BCUT2D eigenvalue weighted by Crippen LogP contribution is 2.29. The van der Waals surface area contributed by atoms with Crippen molar-refractivity contribution in [1.29, 1.82) is 0 Å². The Morgan fingerprint density at radius 3 is 2.30 bits per heavy atom. The van der Waals surface area contributed by atoms with Gasteiger partial charge in [0, 0.05) is 25.8 Å². The van der Waals surface area contributed by atoms with Gasteiger partial charge in [0.15, 0.2) is 11.5 Å². The zero-order valence-corrected chi connectivity index (χ0v) is 21.0. The Balaban J connectivity index is 1.97. The standard InChI is InChI=1S/C23H33N5O4S/c1-7-27-18(4)23(17(3)25-27)33(29,30)26(16-20-11-13-24-28(20)8-2)14-12-19-9-10-21(31-5)22(15-19)32-6/h9-11,13,15H,7-8,12,14,16H2,1-6H3. The van der Waals surface area contributed by atoms with Crippen LogP contribution in [0.3, 0.4) is 0 Å². The van der Waals surface area contributed by atoms with Crippen LogP contribution in [0.25, 0.3) is 0 Å². The van der Waals surface area contributed by atoms with Gasteiger partial charge in [0.25, 0.3) is 0 Å². The maximum atomic E-state index is 13.9. The van der Waals surface area contributed by atoms with Gasteiger partial charge in [-0.3, -0.25) is 9.36 Å². The number of benzene rings is 1. The van der Waals surface area contributed by atoms with Crippen LogP contribution in [0.2, 0.25) is 0 Å². The van der Waals surface area contributed by atoms with Crippen molar-refractivity contribution in [3.63, 3.8) is 0 Å². The fraction of sp³-hybridized carbons (Fsp3) is 0.478.